The Bertz CT molecular complexity index is 982. The second-order valence-electron chi connectivity index (χ2n) is 6.35. The van der Waals surface area contributed by atoms with Crippen LogP contribution in [-0.2, 0) is 11.2 Å². The quantitative estimate of drug-likeness (QED) is 0.698. The number of nitrogens with one attached hydrogen (secondary N) is 1. The number of fused-ring (bicyclic) bond motifs is 1. The highest BCUT2D eigenvalue weighted by atomic mass is 32.1. The first-order valence-corrected chi connectivity index (χ1v) is 9.64. The first-order chi connectivity index (χ1) is 13.2. The third kappa shape index (κ3) is 4.06. The topological polar surface area (TPSA) is 63.6 Å². The number of hydrogen-bond acceptors (Lipinski definition) is 5. The molecule has 1 amide bonds. The molecule has 6 heteroatoms. The Balaban J connectivity index is 1.54. The van der Waals surface area contributed by atoms with Gasteiger partial charge in [-0.15, -0.1) is 11.3 Å². The number of nitrogens with zero attached hydrogens (tertiary/aromatic N) is 2. The van der Waals surface area contributed by atoms with E-state index in [1.807, 2.05) is 66.9 Å². The normalized spacial score (nSPS) is 17.2. The largest absolute Gasteiger partial charge is 0.485 e. The maximum atomic E-state index is 12.2. The number of carbonyl (C=O) groups is 1. The van der Waals surface area contributed by atoms with E-state index >= 15 is 0 Å². The average Bonchev–Trinajstić information content (AvgIpc) is 3.11. The Hall–Kier alpha value is -2.99. The lowest BCUT2D eigenvalue weighted by Crippen LogP contribution is -2.26. The molecule has 0 fully saturated rings. The van der Waals surface area contributed by atoms with E-state index in [-0.39, 0.29) is 18.4 Å². The van der Waals surface area contributed by atoms with E-state index in [9.17, 15) is 4.79 Å². The van der Waals surface area contributed by atoms with Crippen LogP contribution in [0.25, 0.3) is 0 Å². The number of thiazole rings is 1. The van der Waals surface area contributed by atoms with E-state index in [2.05, 4.69) is 15.5 Å². The molecule has 1 aliphatic heterocycles. The van der Waals surface area contributed by atoms with E-state index in [1.54, 1.807) is 0 Å². The Kier molecular flexibility index (Phi) is 4.98. The predicted octanol–water partition coefficient (Wildman–Crippen LogP) is 4.04. The van der Waals surface area contributed by atoms with Gasteiger partial charge in [-0.1, -0.05) is 42.5 Å². The van der Waals surface area contributed by atoms with Crippen LogP contribution in [-0.4, -0.2) is 16.6 Å². The Morgan fingerprint density at radius 1 is 1.22 bits per heavy atom. The summed E-state index contributed by atoms with van der Waals surface area (Å²) in [6.07, 6.45) is 0.691. The van der Waals surface area contributed by atoms with Crippen molar-refractivity contribution >= 4 is 23.0 Å². The van der Waals surface area contributed by atoms with Crippen molar-refractivity contribution in [3.63, 3.8) is 0 Å². The molecule has 0 radical (unpaired) electrons. The minimum Gasteiger partial charge on any atom is -0.485 e. The minimum absolute atomic E-state index is 0.127. The number of para-hydroxylation sites is 1. The van der Waals surface area contributed by atoms with Crippen molar-refractivity contribution in [1.82, 2.24) is 10.4 Å². The van der Waals surface area contributed by atoms with Crippen LogP contribution in [0.15, 0.2) is 65.1 Å². The predicted molar refractivity (Wildman–Crippen MR) is 106 cm³/mol. The molecule has 1 unspecified atom stereocenters. The molecule has 2 heterocycles. The van der Waals surface area contributed by atoms with Crippen molar-refractivity contribution in [1.29, 1.82) is 0 Å². The summed E-state index contributed by atoms with van der Waals surface area (Å²) in [4.78, 5) is 16.6. The Morgan fingerprint density at radius 2 is 2.00 bits per heavy atom. The second kappa shape index (κ2) is 7.72. The summed E-state index contributed by atoms with van der Waals surface area (Å²) in [6, 6.07) is 17.8. The molecule has 0 bridgehead atoms. The fraction of sp³-hybridized carbons (Fsp3) is 0.190. The third-order valence-electron chi connectivity index (χ3n) is 4.34. The zero-order valence-electron chi connectivity index (χ0n) is 14.9. The number of benzene rings is 2. The van der Waals surface area contributed by atoms with Gasteiger partial charge in [-0.05, 0) is 24.6 Å². The summed E-state index contributed by atoms with van der Waals surface area (Å²) in [6.45, 7) is 1.93. The number of carbonyl (C=O) groups excluding carboxylic acids is 1. The number of ether oxygens (including phenoxy) is 1. The van der Waals surface area contributed by atoms with Gasteiger partial charge in [-0.25, -0.2) is 10.4 Å². The lowest BCUT2D eigenvalue weighted by atomic mass is 9.96. The number of aryl methyl sites for hydroxylation is 1. The van der Waals surface area contributed by atoms with Crippen LogP contribution in [0.1, 0.15) is 34.4 Å². The molecule has 27 heavy (non-hydrogen) atoms. The fourth-order valence-electron chi connectivity index (χ4n) is 3.07. The maximum absolute atomic E-state index is 12.2. The SMILES string of the molecule is Cc1nc(CC(=O)NN=C2CC(c3ccccc3)Oc3ccccc32)cs1. The van der Waals surface area contributed by atoms with Gasteiger partial charge in [0.05, 0.1) is 22.8 Å². The van der Waals surface area contributed by atoms with Crippen LogP contribution in [0.5, 0.6) is 5.75 Å². The standard InChI is InChI=1S/C21H19N3O2S/c1-14-22-16(13-27-14)11-21(25)24-23-18-12-20(15-7-3-2-4-8-15)26-19-10-6-5-9-17(18)19/h2-10,13,20H,11-12H2,1H3,(H,24,25). The summed E-state index contributed by atoms with van der Waals surface area (Å²) in [5, 5.41) is 7.27. The Labute approximate surface area is 161 Å². The Morgan fingerprint density at radius 3 is 2.78 bits per heavy atom. The lowest BCUT2D eigenvalue weighted by molar-refractivity contribution is -0.120. The molecule has 5 nitrogen and oxygen atoms in total. The van der Waals surface area contributed by atoms with Crippen molar-refractivity contribution < 1.29 is 9.53 Å². The first kappa shape index (κ1) is 17.4. The van der Waals surface area contributed by atoms with Crippen LogP contribution in [0.2, 0.25) is 0 Å². The highest BCUT2D eigenvalue weighted by molar-refractivity contribution is 7.09. The van der Waals surface area contributed by atoms with E-state index in [1.165, 1.54) is 11.3 Å². The van der Waals surface area contributed by atoms with Crippen molar-refractivity contribution in [3.8, 4) is 5.75 Å². The number of rotatable bonds is 4. The van der Waals surface area contributed by atoms with Crippen LogP contribution >= 0.6 is 11.3 Å². The van der Waals surface area contributed by atoms with E-state index < -0.39 is 0 Å². The zero-order chi connectivity index (χ0) is 18.6. The van der Waals surface area contributed by atoms with E-state index in [0.29, 0.717) is 6.42 Å². The van der Waals surface area contributed by atoms with Crippen LogP contribution in [0, 0.1) is 6.92 Å². The molecule has 2 aromatic carbocycles. The third-order valence-corrected chi connectivity index (χ3v) is 5.16. The molecule has 0 spiro atoms. The van der Waals surface area contributed by atoms with Gasteiger partial charge in [0.2, 0.25) is 5.91 Å². The molecular formula is C21H19N3O2S. The highest BCUT2D eigenvalue weighted by Crippen LogP contribution is 2.34. The van der Waals surface area contributed by atoms with Gasteiger partial charge < -0.3 is 4.74 Å². The summed E-state index contributed by atoms with van der Waals surface area (Å²) in [5.74, 6) is 0.605. The monoisotopic (exact) mass is 377 g/mol. The minimum atomic E-state index is -0.173. The summed E-state index contributed by atoms with van der Waals surface area (Å²) >= 11 is 1.54. The molecule has 1 aromatic heterocycles. The molecule has 0 saturated heterocycles. The summed E-state index contributed by atoms with van der Waals surface area (Å²) < 4.78 is 6.15. The van der Waals surface area contributed by atoms with Crippen molar-refractivity contribution in [2.24, 2.45) is 5.10 Å². The molecule has 1 atom stereocenters. The summed E-state index contributed by atoms with van der Waals surface area (Å²) in [5.41, 5.74) is 6.26. The maximum Gasteiger partial charge on any atom is 0.246 e. The van der Waals surface area contributed by atoms with Crippen LogP contribution in [0.4, 0.5) is 0 Å². The van der Waals surface area contributed by atoms with Crippen LogP contribution in [0.3, 0.4) is 0 Å². The lowest BCUT2D eigenvalue weighted by Gasteiger charge is -2.27. The van der Waals surface area contributed by atoms with Crippen molar-refractivity contribution in [2.45, 2.75) is 25.9 Å². The first-order valence-electron chi connectivity index (χ1n) is 8.76. The van der Waals surface area contributed by atoms with E-state index in [0.717, 1.165) is 33.3 Å². The van der Waals surface area contributed by atoms with Gasteiger partial charge in [0.15, 0.2) is 0 Å². The average molecular weight is 377 g/mol. The highest BCUT2D eigenvalue weighted by Gasteiger charge is 2.26. The van der Waals surface area contributed by atoms with Gasteiger partial charge in [0, 0.05) is 17.4 Å². The van der Waals surface area contributed by atoms with Gasteiger partial charge in [0.25, 0.3) is 0 Å². The molecule has 3 aromatic rings. The summed E-state index contributed by atoms with van der Waals surface area (Å²) in [7, 11) is 0. The van der Waals surface area contributed by atoms with Gasteiger partial charge in [-0.2, -0.15) is 5.10 Å². The number of hydrazone groups is 1. The van der Waals surface area contributed by atoms with Crippen molar-refractivity contribution in [3.05, 3.63) is 81.8 Å². The number of amides is 1. The molecule has 136 valence electrons. The van der Waals surface area contributed by atoms with E-state index in [4.69, 9.17) is 4.74 Å². The molecule has 1 aliphatic rings. The molecule has 4 rings (SSSR count). The van der Waals surface area contributed by atoms with Gasteiger partial charge >= 0.3 is 0 Å². The number of aromatic nitrogens is 1. The van der Waals surface area contributed by atoms with Crippen molar-refractivity contribution in [2.75, 3.05) is 0 Å². The van der Waals surface area contributed by atoms with Gasteiger partial charge in [0.1, 0.15) is 11.9 Å². The number of hydrogen-bond donors (Lipinski definition) is 1. The van der Waals surface area contributed by atoms with Crippen LogP contribution < -0.4 is 10.2 Å². The molecule has 0 aliphatic carbocycles. The molecule has 0 saturated carbocycles. The second-order valence-corrected chi connectivity index (χ2v) is 7.41. The molecule has 1 N–H and O–H groups in total. The van der Waals surface area contributed by atoms with Gasteiger partial charge in [-0.3, -0.25) is 4.79 Å². The zero-order valence-corrected chi connectivity index (χ0v) is 15.7. The molecular weight excluding hydrogens is 358 g/mol. The smallest absolute Gasteiger partial charge is 0.246 e. The fourth-order valence-corrected chi connectivity index (χ4v) is 3.68.